The summed E-state index contributed by atoms with van der Waals surface area (Å²) >= 11 is 2.71. The Hall–Kier alpha value is -0.0500. The first-order valence-electron chi connectivity index (χ1n) is 1.05. The minimum absolute atomic E-state index is 0.0347. The van der Waals surface area contributed by atoms with Gasteiger partial charge in [-0.25, -0.2) is 0 Å². The van der Waals surface area contributed by atoms with E-state index in [1.165, 1.54) is 0 Å². The lowest BCUT2D eigenvalue weighted by Crippen LogP contribution is -1.92. The third-order valence-electron chi connectivity index (χ3n) is 0.114. The zero-order valence-electron chi connectivity index (χ0n) is 2.44. The van der Waals surface area contributed by atoms with Gasteiger partial charge in [0.15, 0.2) is 0 Å². The van der Waals surface area contributed by atoms with Gasteiger partial charge >= 0.3 is 5.97 Å². The molecule has 0 aromatic carbocycles. The molecular formula is C2H3BrO2. The van der Waals surface area contributed by atoms with Crippen LogP contribution in [-0.4, -0.2) is 16.4 Å². The fourth-order valence-corrected chi connectivity index (χ4v) is 0. The Morgan fingerprint density at radius 2 is 2.20 bits per heavy atom. The Bertz CT molecular complexity index is 42.9. The van der Waals surface area contributed by atoms with E-state index < -0.39 is 5.97 Å². The van der Waals surface area contributed by atoms with Crippen molar-refractivity contribution in [2.75, 3.05) is 5.33 Å². The van der Waals surface area contributed by atoms with E-state index in [9.17, 15) is 4.79 Å². The third kappa shape index (κ3) is 3.95. The summed E-state index contributed by atoms with van der Waals surface area (Å²) in [6, 6.07) is 0. The van der Waals surface area contributed by atoms with Crippen molar-refractivity contribution in [3.8, 4) is 0 Å². The number of aliphatic carboxylic acids is 1. The van der Waals surface area contributed by atoms with Crippen LogP contribution in [0.5, 0.6) is 0 Å². The van der Waals surface area contributed by atoms with Crippen molar-refractivity contribution in [2.24, 2.45) is 0 Å². The van der Waals surface area contributed by atoms with Crippen molar-refractivity contribution in [1.29, 1.82) is 0 Å². The van der Waals surface area contributed by atoms with Gasteiger partial charge in [-0.05, 0) is 0 Å². The molecule has 1 N–H and O–H groups in total. The van der Waals surface area contributed by atoms with Gasteiger partial charge in [-0.2, -0.15) is 0 Å². The summed E-state index contributed by atoms with van der Waals surface area (Å²) in [5, 5.41) is 7.71. The molecule has 0 rings (SSSR count). The van der Waals surface area contributed by atoms with Gasteiger partial charge in [-0.1, -0.05) is 15.9 Å². The highest BCUT2D eigenvalue weighted by atomic mass is 79.9. The average Bonchev–Trinajstić information content (AvgIpc) is 1.38. The fourth-order valence-electron chi connectivity index (χ4n) is 0. The molecule has 0 fully saturated rings. The highest BCUT2D eigenvalue weighted by Crippen LogP contribution is 1.73. The van der Waals surface area contributed by atoms with Crippen LogP contribution in [0.3, 0.4) is 0 Å². The zero-order valence-corrected chi connectivity index (χ0v) is 4.03. The average molecular weight is 142 g/mol. The maximum Gasteiger partial charge on any atom is 0.314 e. The topological polar surface area (TPSA) is 37.3 Å². The van der Waals surface area contributed by atoms with E-state index in [2.05, 4.69) is 15.9 Å². The van der Waals surface area contributed by atoms with Crippen molar-refractivity contribution in [1.82, 2.24) is 0 Å². The number of rotatable bonds is 1. The van der Waals surface area contributed by atoms with Crippen LogP contribution in [0.4, 0.5) is 0 Å². The molecule has 0 aliphatic heterocycles. The lowest BCUT2D eigenvalue weighted by molar-refractivity contribution is -0.133. The van der Waals surface area contributed by atoms with Crippen LogP contribution >= 0.6 is 15.9 Å². The van der Waals surface area contributed by atoms with Crippen LogP contribution in [0.2, 0.25) is 0 Å². The number of carbonyl (C=O) groups is 1. The predicted molar refractivity (Wildman–Crippen MR) is 21.4 cm³/mol. The van der Waals surface area contributed by atoms with Crippen molar-refractivity contribution < 1.29 is 9.90 Å². The third-order valence-corrected chi connectivity index (χ3v) is 0.594. The van der Waals surface area contributed by atoms with Gasteiger partial charge in [0.2, 0.25) is 0 Å². The van der Waals surface area contributed by atoms with Crippen molar-refractivity contribution in [2.45, 2.75) is 0 Å². The normalized spacial score (nSPS) is 7.40. The van der Waals surface area contributed by atoms with E-state index in [1.54, 1.807) is 0 Å². The van der Waals surface area contributed by atoms with Crippen molar-refractivity contribution >= 4 is 21.9 Å². The van der Waals surface area contributed by atoms with Gasteiger partial charge in [0.05, 0.1) is 0 Å². The summed E-state index contributed by atoms with van der Waals surface area (Å²) in [5.74, 6) is -0.829. The first-order chi connectivity index (χ1) is 2.27. The molecule has 0 aliphatic carbocycles. The lowest BCUT2D eigenvalue weighted by Gasteiger charge is -1.70. The second-order valence-corrected chi connectivity index (χ2v) is 1.09. The van der Waals surface area contributed by atoms with Crippen molar-refractivity contribution in [3.05, 3.63) is 0 Å². The van der Waals surface area contributed by atoms with Crippen LogP contribution < -0.4 is 0 Å². The second kappa shape index (κ2) is 2.20. The summed E-state index contributed by atoms with van der Waals surface area (Å²) in [7, 11) is 0. The highest BCUT2D eigenvalue weighted by molar-refractivity contribution is 9.09. The fraction of sp³-hybridized carbons (Fsp3) is 0.500. The first kappa shape index (κ1) is 4.95. The largest absolute Gasteiger partial charge is 0.481 e. The Balaban J connectivity index is 2.85. The minimum Gasteiger partial charge on any atom is -0.481 e. The van der Waals surface area contributed by atoms with E-state index in [4.69, 9.17) is 5.11 Å². The Kier molecular flexibility index (Phi) is 2.18. The molecule has 2 nitrogen and oxygen atoms in total. The molecule has 3 heteroatoms. The first-order valence-corrected chi connectivity index (χ1v) is 2.17. The monoisotopic (exact) mass is 141 g/mol. The smallest absolute Gasteiger partial charge is 0.314 e. The molecule has 30 valence electrons. The maximum absolute atomic E-state index is 9.32. The number of halogens is 1. The minimum atomic E-state index is -0.829. The molecule has 5 heavy (non-hydrogen) atoms. The quantitative estimate of drug-likeness (QED) is 0.328. The molecular weight excluding hydrogens is 139 g/mol. The second-order valence-electron chi connectivity index (χ2n) is 0.527. The molecule has 0 radical (unpaired) electrons. The van der Waals surface area contributed by atoms with Gasteiger partial charge in [0.1, 0.15) is 5.33 Å². The Morgan fingerprint density at radius 1 is 2.00 bits per heavy atom. The van der Waals surface area contributed by atoms with E-state index in [0.717, 1.165) is 0 Å². The molecule has 0 aromatic heterocycles. The number of hydrogen-bond acceptors (Lipinski definition) is 1. The molecule has 0 atom stereocenters. The van der Waals surface area contributed by atoms with Crippen LogP contribution in [0.1, 0.15) is 0 Å². The van der Waals surface area contributed by atoms with Gasteiger partial charge in [0.25, 0.3) is 0 Å². The summed E-state index contributed by atoms with van der Waals surface area (Å²) in [6.07, 6.45) is 0. The molecule has 0 unspecified atom stereocenters. The molecule has 0 amide bonds. The number of hydrogen-bond donors (Lipinski definition) is 1. The van der Waals surface area contributed by atoms with E-state index in [-0.39, 0.29) is 5.33 Å². The van der Waals surface area contributed by atoms with Crippen LogP contribution in [0.15, 0.2) is 0 Å². The van der Waals surface area contributed by atoms with Gasteiger partial charge in [-0.3, -0.25) is 4.79 Å². The SMILES string of the molecule is O[13C](=[18O])CBr. The number of carboxylic acids is 1. The van der Waals surface area contributed by atoms with Crippen molar-refractivity contribution in [3.63, 3.8) is 0 Å². The Labute approximate surface area is 37.9 Å². The molecule has 0 heterocycles. The summed E-state index contributed by atoms with van der Waals surface area (Å²) in [6.45, 7) is 0. The number of carboxylic acid groups (broad SMARTS) is 1. The zero-order chi connectivity index (χ0) is 4.28. The molecule has 0 bridgehead atoms. The summed E-state index contributed by atoms with van der Waals surface area (Å²) in [4.78, 5) is 9.32. The van der Waals surface area contributed by atoms with Gasteiger partial charge < -0.3 is 5.11 Å². The summed E-state index contributed by atoms with van der Waals surface area (Å²) in [5.41, 5.74) is 0. The standard InChI is InChI=1S/C2H3BrO2/c3-1-2(4)5/h1H2,(H,4,5)/i2+1,4+2. The van der Waals surface area contributed by atoms with Gasteiger partial charge in [0, 0.05) is 0 Å². The predicted octanol–water partition coefficient (Wildman–Crippen LogP) is 0.466. The maximum atomic E-state index is 9.32. The highest BCUT2D eigenvalue weighted by Gasteiger charge is 1.83. The molecule has 0 saturated carbocycles. The molecule has 0 aliphatic rings. The number of alkyl halides is 1. The lowest BCUT2D eigenvalue weighted by atomic mass is 11.3. The Morgan fingerprint density at radius 3 is 2.20 bits per heavy atom. The molecule has 0 spiro atoms. The van der Waals surface area contributed by atoms with E-state index in [1.807, 2.05) is 0 Å². The van der Waals surface area contributed by atoms with Crippen LogP contribution in [-0.2, 0) is 4.79 Å². The molecule has 0 aromatic rings. The summed E-state index contributed by atoms with van der Waals surface area (Å²) < 4.78 is 0. The van der Waals surface area contributed by atoms with E-state index >= 15 is 0 Å². The van der Waals surface area contributed by atoms with Gasteiger partial charge in [-0.15, -0.1) is 0 Å². The van der Waals surface area contributed by atoms with E-state index in [0.29, 0.717) is 0 Å². The van der Waals surface area contributed by atoms with Crippen LogP contribution in [0.25, 0.3) is 0 Å². The van der Waals surface area contributed by atoms with Crippen LogP contribution in [0, 0.1) is 0 Å². The molecule has 0 saturated heterocycles.